The third-order valence-electron chi connectivity index (χ3n) is 5.49. The van der Waals surface area contributed by atoms with Crippen molar-refractivity contribution in [1.29, 1.82) is 0 Å². The van der Waals surface area contributed by atoms with Crippen LogP contribution in [0.1, 0.15) is 46.4 Å². The maximum absolute atomic E-state index is 12.4. The number of hydrogen-bond acceptors (Lipinski definition) is 4. The third-order valence-corrected chi connectivity index (χ3v) is 5.49. The van der Waals surface area contributed by atoms with E-state index in [1.54, 1.807) is 24.3 Å². The molecule has 0 radical (unpaired) electrons. The van der Waals surface area contributed by atoms with Gasteiger partial charge in [0.05, 0.1) is 23.0 Å². The minimum absolute atomic E-state index is 0.0786. The number of fused-ring (bicyclic) bond motifs is 2. The molecule has 1 aromatic carbocycles. The third kappa shape index (κ3) is 2.57. The average molecular weight is 352 g/mol. The number of likely N-dealkylation sites (tertiary alicyclic amines) is 1. The second-order valence-corrected chi connectivity index (χ2v) is 7.00. The second-order valence-electron chi connectivity index (χ2n) is 7.00. The van der Waals surface area contributed by atoms with Crippen molar-refractivity contribution in [3.63, 3.8) is 0 Å². The molecule has 2 unspecified atom stereocenters. The van der Waals surface area contributed by atoms with Crippen LogP contribution in [-0.2, 0) is 9.59 Å². The zero-order chi connectivity index (χ0) is 18.3. The van der Waals surface area contributed by atoms with Gasteiger partial charge in [0.15, 0.2) is 0 Å². The number of imide groups is 2. The first kappa shape index (κ1) is 16.7. The van der Waals surface area contributed by atoms with Crippen LogP contribution in [0.15, 0.2) is 36.4 Å². The topological polar surface area (TPSA) is 74.8 Å². The Morgan fingerprint density at radius 2 is 1.19 bits per heavy atom. The summed E-state index contributed by atoms with van der Waals surface area (Å²) in [7, 11) is 0. The van der Waals surface area contributed by atoms with Crippen molar-refractivity contribution in [2.75, 3.05) is 13.1 Å². The number of hydrogen-bond donors (Lipinski definition) is 0. The molecule has 4 amide bonds. The Morgan fingerprint density at radius 1 is 0.731 bits per heavy atom. The number of amides is 4. The van der Waals surface area contributed by atoms with E-state index in [2.05, 4.69) is 0 Å². The molecule has 4 rings (SSSR count). The van der Waals surface area contributed by atoms with Crippen molar-refractivity contribution in [2.45, 2.75) is 25.7 Å². The minimum atomic E-state index is -0.268. The molecular weight excluding hydrogens is 332 g/mol. The van der Waals surface area contributed by atoms with Crippen molar-refractivity contribution >= 4 is 23.6 Å². The van der Waals surface area contributed by atoms with Gasteiger partial charge in [-0.3, -0.25) is 29.0 Å². The van der Waals surface area contributed by atoms with Gasteiger partial charge in [-0.05, 0) is 37.8 Å². The Morgan fingerprint density at radius 3 is 1.69 bits per heavy atom. The summed E-state index contributed by atoms with van der Waals surface area (Å²) in [5.41, 5.74) is 0.887. The van der Waals surface area contributed by atoms with Gasteiger partial charge in [0.2, 0.25) is 11.8 Å². The van der Waals surface area contributed by atoms with Crippen LogP contribution < -0.4 is 0 Å². The molecule has 6 heteroatoms. The number of rotatable bonds is 5. The zero-order valence-corrected chi connectivity index (χ0v) is 14.4. The van der Waals surface area contributed by atoms with Gasteiger partial charge in [-0.25, -0.2) is 0 Å². The summed E-state index contributed by atoms with van der Waals surface area (Å²) in [4.78, 5) is 52.1. The van der Waals surface area contributed by atoms with E-state index in [4.69, 9.17) is 0 Å². The van der Waals surface area contributed by atoms with Gasteiger partial charge < -0.3 is 0 Å². The number of allylic oxidation sites excluding steroid dienone is 2. The number of carbonyl (C=O) groups excluding carboxylic acids is 4. The fourth-order valence-electron chi connectivity index (χ4n) is 4.07. The lowest BCUT2D eigenvalue weighted by Crippen LogP contribution is -2.34. The minimum Gasteiger partial charge on any atom is -0.282 e. The van der Waals surface area contributed by atoms with E-state index in [1.165, 1.54) is 9.80 Å². The van der Waals surface area contributed by atoms with Gasteiger partial charge in [-0.2, -0.15) is 0 Å². The molecule has 2 heterocycles. The lowest BCUT2D eigenvalue weighted by Gasteiger charge is -2.17. The second kappa shape index (κ2) is 6.52. The molecule has 0 aromatic heterocycles. The fraction of sp³-hybridized carbons (Fsp3) is 0.400. The predicted molar refractivity (Wildman–Crippen MR) is 93.1 cm³/mol. The molecule has 1 saturated heterocycles. The highest BCUT2D eigenvalue weighted by molar-refractivity contribution is 6.21. The molecule has 1 aliphatic carbocycles. The number of unbranched alkanes of at least 4 members (excludes halogenated alkanes) is 1. The smallest absolute Gasteiger partial charge is 0.261 e. The maximum atomic E-state index is 12.4. The first-order valence-electron chi connectivity index (χ1n) is 9.05. The number of nitrogens with zero attached hydrogens (tertiary/aromatic N) is 2. The molecule has 0 saturated carbocycles. The SMILES string of the molecule is O=C1c2ccccc2C(=O)N1CCCCN1C(=O)C2CC=CCC2C1=O. The van der Waals surface area contributed by atoms with E-state index < -0.39 is 0 Å². The molecule has 1 fully saturated rings. The Hall–Kier alpha value is -2.76. The normalized spacial score (nSPS) is 24.5. The molecule has 6 nitrogen and oxygen atoms in total. The largest absolute Gasteiger partial charge is 0.282 e. The standard InChI is InChI=1S/C20H20N2O4/c23-17-13-7-1-2-8-14(13)18(24)21(17)11-5-6-12-22-19(25)15-9-3-4-10-16(15)20(22)26/h1-4,7-8,15-16H,5-6,9-12H2. The van der Waals surface area contributed by atoms with E-state index in [0.29, 0.717) is 49.9 Å². The van der Waals surface area contributed by atoms with Gasteiger partial charge in [-0.1, -0.05) is 24.3 Å². The van der Waals surface area contributed by atoms with Crippen LogP contribution in [-0.4, -0.2) is 46.5 Å². The van der Waals surface area contributed by atoms with E-state index >= 15 is 0 Å². The molecule has 26 heavy (non-hydrogen) atoms. The number of carbonyl (C=O) groups is 4. The fourth-order valence-corrected chi connectivity index (χ4v) is 4.07. The van der Waals surface area contributed by atoms with E-state index in [9.17, 15) is 19.2 Å². The Bertz CT molecular complexity index is 768. The molecule has 0 N–H and O–H groups in total. The first-order valence-corrected chi connectivity index (χ1v) is 9.05. The molecule has 0 bridgehead atoms. The molecule has 2 aliphatic heterocycles. The van der Waals surface area contributed by atoms with Crippen LogP contribution in [0, 0.1) is 11.8 Å². The van der Waals surface area contributed by atoms with Crippen molar-refractivity contribution in [1.82, 2.24) is 9.80 Å². The first-order chi connectivity index (χ1) is 12.6. The molecule has 3 aliphatic rings. The lowest BCUT2D eigenvalue weighted by atomic mass is 9.85. The van der Waals surface area contributed by atoms with Crippen LogP contribution in [0.4, 0.5) is 0 Å². The molecule has 0 spiro atoms. The summed E-state index contributed by atoms with van der Waals surface area (Å²) in [6.45, 7) is 0.658. The van der Waals surface area contributed by atoms with Crippen LogP contribution in [0.5, 0.6) is 0 Å². The van der Waals surface area contributed by atoms with Crippen molar-refractivity contribution in [3.8, 4) is 0 Å². The van der Waals surface area contributed by atoms with E-state index in [1.807, 2.05) is 12.2 Å². The predicted octanol–water partition coefficient (Wildman–Crippen LogP) is 2.01. The average Bonchev–Trinajstić information content (AvgIpc) is 3.06. The van der Waals surface area contributed by atoms with Gasteiger partial charge in [0.1, 0.15) is 0 Å². The Labute approximate surface area is 151 Å². The lowest BCUT2D eigenvalue weighted by molar-refractivity contribution is -0.139. The Balaban J connectivity index is 1.31. The van der Waals surface area contributed by atoms with Crippen LogP contribution in [0.2, 0.25) is 0 Å². The molecule has 2 atom stereocenters. The molecule has 1 aromatic rings. The van der Waals surface area contributed by atoms with Crippen LogP contribution in [0.25, 0.3) is 0 Å². The highest BCUT2D eigenvalue weighted by atomic mass is 16.2. The van der Waals surface area contributed by atoms with Gasteiger partial charge in [0.25, 0.3) is 11.8 Å². The van der Waals surface area contributed by atoms with Crippen molar-refractivity contribution in [3.05, 3.63) is 47.5 Å². The van der Waals surface area contributed by atoms with E-state index in [-0.39, 0.29) is 35.5 Å². The highest BCUT2D eigenvalue weighted by Crippen LogP contribution is 2.35. The van der Waals surface area contributed by atoms with Gasteiger partial charge in [0, 0.05) is 13.1 Å². The number of benzene rings is 1. The summed E-state index contributed by atoms with van der Waals surface area (Å²) in [6.07, 6.45) is 6.37. The molecular formula is C20H20N2O4. The zero-order valence-electron chi connectivity index (χ0n) is 14.4. The van der Waals surface area contributed by atoms with Gasteiger partial charge >= 0.3 is 0 Å². The van der Waals surface area contributed by atoms with E-state index in [0.717, 1.165) is 0 Å². The maximum Gasteiger partial charge on any atom is 0.261 e. The summed E-state index contributed by atoms with van der Waals surface area (Å²) in [5.74, 6) is -1.10. The monoisotopic (exact) mass is 352 g/mol. The van der Waals surface area contributed by atoms with Crippen molar-refractivity contribution < 1.29 is 19.2 Å². The van der Waals surface area contributed by atoms with Crippen molar-refractivity contribution in [2.24, 2.45) is 11.8 Å². The van der Waals surface area contributed by atoms with Crippen LogP contribution in [0.3, 0.4) is 0 Å². The molecule has 134 valence electrons. The Kier molecular flexibility index (Phi) is 4.18. The summed E-state index contributed by atoms with van der Waals surface area (Å²) < 4.78 is 0. The highest BCUT2D eigenvalue weighted by Gasteiger charge is 2.46. The summed E-state index contributed by atoms with van der Waals surface area (Å²) >= 11 is 0. The van der Waals surface area contributed by atoms with Crippen LogP contribution >= 0.6 is 0 Å². The van der Waals surface area contributed by atoms with Gasteiger partial charge in [-0.15, -0.1) is 0 Å². The summed E-state index contributed by atoms with van der Waals surface area (Å²) in [6, 6.07) is 6.80. The quantitative estimate of drug-likeness (QED) is 0.462. The summed E-state index contributed by atoms with van der Waals surface area (Å²) in [5, 5.41) is 0.